The number of methoxy groups -OCH3 is 1. The Morgan fingerprint density at radius 2 is 2.08 bits per heavy atom. The van der Waals surface area contributed by atoms with Crippen LogP contribution in [0.5, 0.6) is 5.75 Å². The summed E-state index contributed by atoms with van der Waals surface area (Å²) in [5, 5.41) is 10.2. The first kappa shape index (κ1) is 17.1. The molecule has 0 aliphatic heterocycles. The molecule has 0 fully saturated rings. The molecule has 0 atom stereocenters. The fraction of sp³-hybridized carbons (Fsp3) is 0.235. The van der Waals surface area contributed by atoms with Gasteiger partial charge < -0.3 is 13.6 Å². The van der Waals surface area contributed by atoms with Crippen LogP contribution in [0.25, 0.3) is 11.7 Å². The van der Waals surface area contributed by atoms with Crippen LogP contribution in [-0.2, 0) is 4.79 Å². The third-order valence-corrected chi connectivity index (χ3v) is 4.38. The van der Waals surface area contributed by atoms with E-state index in [1.807, 2.05) is 24.3 Å². The van der Waals surface area contributed by atoms with Crippen LogP contribution < -0.4 is 10.1 Å². The summed E-state index contributed by atoms with van der Waals surface area (Å²) in [6.45, 7) is 0. The molecule has 0 saturated carbocycles. The van der Waals surface area contributed by atoms with Crippen molar-refractivity contribution in [1.82, 2.24) is 10.2 Å². The van der Waals surface area contributed by atoms with Crippen molar-refractivity contribution in [2.45, 2.75) is 17.7 Å². The van der Waals surface area contributed by atoms with Crippen molar-refractivity contribution in [2.24, 2.45) is 0 Å². The van der Waals surface area contributed by atoms with Crippen LogP contribution in [0.1, 0.15) is 12.8 Å². The molecule has 0 radical (unpaired) electrons. The lowest BCUT2D eigenvalue weighted by atomic mass is 10.3. The number of hydrogen-bond donors (Lipinski definition) is 1. The van der Waals surface area contributed by atoms with E-state index < -0.39 is 0 Å². The Morgan fingerprint density at radius 1 is 1.24 bits per heavy atom. The summed E-state index contributed by atoms with van der Waals surface area (Å²) in [7, 11) is 1.64. The lowest BCUT2D eigenvalue weighted by Gasteiger charge is -2.03. The van der Waals surface area contributed by atoms with Crippen molar-refractivity contribution in [3.8, 4) is 17.4 Å². The van der Waals surface area contributed by atoms with E-state index in [0.717, 1.165) is 22.8 Å². The number of rotatable bonds is 8. The first-order chi connectivity index (χ1) is 12.2. The molecular formula is C17H17N3O4S. The maximum atomic E-state index is 11.9. The van der Waals surface area contributed by atoms with E-state index in [0.29, 0.717) is 12.2 Å². The van der Waals surface area contributed by atoms with Gasteiger partial charge in [-0.2, -0.15) is 0 Å². The zero-order valence-corrected chi connectivity index (χ0v) is 14.4. The molecule has 130 valence electrons. The van der Waals surface area contributed by atoms with E-state index in [4.69, 9.17) is 13.6 Å². The highest BCUT2D eigenvalue weighted by molar-refractivity contribution is 7.99. The van der Waals surface area contributed by atoms with Gasteiger partial charge in [-0.15, -0.1) is 16.9 Å². The van der Waals surface area contributed by atoms with Crippen LogP contribution in [0.3, 0.4) is 0 Å². The minimum atomic E-state index is -0.162. The molecule has 1 aromatic carbocycles. The Labute approximate surface area is 148 Å². The minimum Gasteiger partial charge on any atom is -0.497 e. The first-order valence-corrected chi connectivity index (χ1v) is 8.67. The number of benzene rings is 1. The second-order valence-corrected chi connectivity index (χ2v) is 6.23. The highest BCUT2D eigenvalue weighted by Crippen LogP contribution is 2.23. The highest BCUT2D eigenvalue weighted by Gasteiger charge is 2.12. The molecule has 1 N–H and O–H groups in total. The first-order valence-electron chi connectivity index (χ1n) is 7.68. The molecule has 0 aliphatic rings. The smallest absolute Gasteiger partial charge is 0.322 e. The Bertz CT molecular complexity index is 800. The van der Waals surface area contributed by atoms with Gasteiger partial charge in [0.15, 0.2) is 5.76 Å². The van der Waals surface area contributed by atoms with Crippen molar-refractivity contribution >= 4 is 23.7 Å². The summed E-state index contributed by atoms with van der Waals surface area (Å²) in [5.41, 5.74) is 0. The number of amides is 1. The normalized spacial score (nSPS) is 10.6. The van der Waals surface area contributed by atoms with Crippen LogP contribution in [-0.4, -0.2) is 29.0 Å². The number of hydrogen-bond acceptors (Lipinski definition) is 7. The number of ether oxygens (including phenoxy) is 1. The molecule has 2 aromatic heterocycles. The van der Waals surface area contributed by atoms with Crippen LogP contribution in [0.2, 0.25) is 0 Å². The fourth-order valence-electron chi connectivity index (χ4n) is 2.05. The zero-order valence-electron chi connectivity index (χ0n) is 13.6. The topological polar surface area (TPSA) is 90.4 Å². The average Bonchev–Trinajstić information content (AvgIpc) is 3.31. The van der Waals surface area contributed by atoms with Gasteiger partial charge in [0.05, 0.1) is 13.4 Å². The Balaban J connectivity index is 1.39. The molecular weight excluding hydrogens is 342 g/mol. The van der Waals surface area contributed by atoms with Gasteiger partial charge in [-0.25, -0.2) is 0 Å². The van der Waals surface area contributed by atoms with Gasteiger partial charge >= 0.3 is 6.01 Å². The number of carbonyl (C=O) groups excluding carboxylic acids is 1. The van der Waals surface area contributed by atoms with E-state index in [2.05, 4.69) is 15.5 Å². The maximum Gasteiger partial charge on any atom is 0.322 e. The lowest BCUT2D eigenvalue weighted by Crippen LogP contribution is -2.11. The lowest BCUT2D eigenvalue weighted by molar-refractivity contribution is -0.116. The van der Waals surface area contributed by atoms with Crippen LogP contribution in [0.15, 0.2) is 56.4 Å². The van der Waals surface area contributed by atoms with Crippen molar-refractivity contribution in [3.63, 3.8) is 0 Å². The van der Waals surface area contributed by atoms with Crippen LogP contribution >= 0.6 is 11.8 Å². The van der Waals surface area contributed by atoms with Crippen molar-refractivity contribution in [2.75, 3.05) is 18.2 Å². The third kappa shape index (κ3) is 4.87. The second-order valence-electron chi connectivity index (χ2n) is 5.07. The van der Waals surface area contributed by atoms with Gasteiger partial charge in [-0.3, -0.25) is 10.1 Å². The molecule has 0 spiro atoms. The fourth-order valence-corrected chi connectivity index (χ4v) is 2.90. The highest BCUT2D eigenvalue weighted by atomic mass is 32.2. The predicted molar refractivity (Wildman–Crippen MR) is 93.6 cm³/mol. The Hall–Kier alpha value is -2.74. The van der Waals surface area contributed by atoms with Gasteiger partial charge in [0.1, 0.15) is 5.75 Å². The molecule has 8 heteroatoms. The largest absolute Gasteiger partial charge is 0.497 e. The van der Waals surface area contributed by atoms with E-state index in [1.54, 1.807) is 31.0 Å². The predicted octanol–water partition coefficient (Wildman–Crippen LogP) is 3.85. The summed E-state index contributed by atoms with van der Waals surface area (Å²) in [6.07, 6.45) is 2.63. The molecule has 0 bridgehead atoms. The van der Waals surface area contributed by atoms with Gasteiger partial charge in [-0.1, -0.05) is 5.10 Å². The maximum absolute atomic E-state index is 11.9. The molecule has 7 nitrogen and oxygen atoms in total. The SMILES string of the molecule is COc1ccc(SCCCC(=O)Nc2nnc(-c3ccco3)o2)cc1. The average molecular weight is 359 g/mol. The summed E-state index contributed by atoms with van der Waals surface area (Å²) in [5.74, 6) is 2.20. The van der Waals surface area contributed by atoms with Gasteiger partial charge in [-0.05, 0) is 48.6 Å². The molecule has 25 heavy (non-hydrogen) atoms. The Morgan fingerprint density at radius 3 is 2.80 bits per heavy atom. The number of anilines is 1. The standard InChI is InChI=1S/C17H17N3O4S/c1-22-12-6-8-13(9-7-12)25-11-3-5-15(21)18-17-20-19-16(24-17)14-4-2-10-23-14/h2,4,6-10H,3,5,11H2,1H3,(H,18,20,21). The number of nitrogens with zero attached hydrogens (tertiary/aromatic N) is 2. The monoisotopic (exact) mass is 359 g/mol. The molecule has 3 aromatic rings. The van der Waals surface area contributed by atoms with Crippen molar-refractivity contribution in [3.05, 3.63) is 42.7 Å². The van der Waals surface area contributed by atoms with E-state index >= 15 is 0 Å². The summed E-state index contributed by atoms with van der Waals surface area (Å²) in [6, 6.07) is 11.3. The van der Waals surface area contributed by atoms with Crippen LogP contribution in [0.4, 0.5) is 6.01 Å². The van der Waals surface area contributed by atoms with Crippen molar-refractivity contribution < 1.29 is 18.4 Å². The molecule has 0 saturated heterocycles. The summed E-state index contributed by atoms with van der Waals surface area (Å²) in [4.78, 5) is 13.1. The zero-order chi connectivity index (χ0) is 17.5. The second kappa shape index (κ2) is 8.39. The van der Waals surface area contributed by atoms with Crippen LogP contribution in [0, 0.1) is 0 Å². The minimum absolute atomic E-state index is 0.0687. The number of nitrogens with one attached hydrogen (secondary N) is 1. The van der Waals surface area contributed by atoms with E-state index in [1.165, 1.54) is 6.26 Å². The summed E-state index contributed by atoms with van der Waals surface area (Å²) >= 11 is 1.69. The third-order valence-electron chi connectivity index (χ3n) is 3.28. The van der Waals surface area contributed by atoms with Crippen molar-refractivity contribution in [1.29, 1.82) is 0 Å². The number of aromatic nitrogens is 2. The molecule has 0 unspecified atom stereocenters. The van der Waals surface area contributed by atoms with Gasteiger partial charge in [0.2, 0.25) is 5.91 Å². The molecule has 2 heterocycles. The number of furan rings is 1. The Kier molecular flexibility index (Phi) is 5.73. The molecule has 0 aliphatic carbocycles. The quantitative estimate of drug-likeness (QED) is 0.482. The number of thioether (sulfide) groups is 1. The van der Waals surface area contributed by atoms with E-state index in [9.17, 15) is 4.79 Å². The summed E-state index contributed by atoms with van der Waals surface area (Å²) < 4.78 is 15.6. The molecule has 3 rings (SSSR count). The van der Waals surface area contributed by atoms with E-state index in [-0.39, 0.29) is 17.8 Å². The molecule has 1 amide bonds. The van der Waals surface area contributed by atoms with Gasteiger partial charge in [0, 0.05) is 11.3 Å². The van der Waals surface area contributed by atoms with Gasteiger partial charge in [0.25, 0.3) is 5.89 Å². The number of carbonyl (C=O) groups is 1.